The number of ether oxygens (including phenoxy) is 1. The third kappa shape index (κ3) is 3.10. The van der Waals surface area contributed by atoms with Crippen molar-refractivity contribution in [1.82, 2.24) is 10.9 Å². The summed E-state index contributed by atoms with van der Waals surface area (Å²) in [6, 6.07) is 3.81. The van der Waals surface area contributed by atoms with Gasteiger partial charge >= 0.3 is 5.97 Å². The van der Waals surface area contributed by atoms with Crippen LogP contribution in [0.2, 0.25) is 0 Å². The molecule has 10 heteroatoms. The Morgan fingerprint density at radius 3 is 2.42 bits per heavy atom. The number of nitro benzene ring substituents is 1. The molecule has 0 saturated carbocycles. The summed E-state index contributed by atoms with van der Waals surface area (Å²) in [5.41, 5.74) is 4.77. The van der Waals surface area contributed by atoms with Crippen molar-refractivity contribution in [3.8, 4) is 0 Å². The van der Waals surface area contributed by atoms with Crippen molar-refractivity contribution in [2.24, 2.45) is 11.8 Å². The number of carbonyl (C=O) groups excluding carboxylic acids is 2. The van der Waals surface area contributed by atoms with E-state index < -0.39 is 46.8 Å². The summed E-state index contributed by atoms with van der Waals surface area (Å²) in [6.07, 6.45) is 0.239. The summed E-state index contributed by atoms with van der Waals surface area (Å²) in [5, 5.41) is 20.1. The van der Waals surface area contributed by atoms with E-state index >= 15 is 0 Å². The number of fused-ring (bicyclic) bond motifs is 2. The number of carbonyl (C=O) groups is 3. The molecule has 3 N–H and O–H groups in total. The van der Waals surface area contributed by atoms with Gasteiger partial charge in [0.25, 0.3) is 11.6 Å². The highest BCUT2D eigenvalue weighted by Crippen LogP contribution is 2.43. The number of benzene rings is 1. The van der Waals surface area contributed by atoms with Gasteiger partial charge in [0.1, 0.15) is 0 Å². The lowest BCUT2D eigenvalue weighted by Gasteiger charge is -2.23. The third-order valence-electron chi connectivity index (χ3n) is 4.82. The van der Waals surface area contributed by atoms with Gasteiger partial charge in [-0.15, -0.1) is 0 Å². The lowest BCUT2D eigenvalue weighted by atomic mass is 9.79. The van der Waals surface area contributed by atoms with Gasteiger partial charge in [-0.2, -0.15) is 0 Å². The SMILES string of the molecule is Cc1cc(C(=O)NNC(=O)[C@@H]2[C@H](C(=O)O)[C@H]3CC[C@H]2O3)ccc1[N+](=O)[O-]. The van der Waals surface area contributed by atoms with Crippen LogP contribution in [-0.4, -0.2) is 40.0 Å². The lowest BCUT2D eigenvalue weighted by Crippen LogP contribution is -2.50. The van der Waals surface area contributed by atoms with Crippen LogP contribution in [0.3, 0.4) is 0 Å². The molecule has 0 radical (unpaired) electrons. The number of nitrogens with zero attached hydrogens (tertiary/aromatic N) is 1. The zero-order chi connectivity index (χ0) is 19.0. The number of aryl methyl sites for hydroxylation is 1. The van der Waals surface area contributed by atoms with Crippen molar-refractivity contribution in [3.63, 3.8) is 0 Å². The van der Waals surface area contributed by atoms with Crippen molar-refractivity contribution >= 4 is 23.5 Å². The minimum Gasteiger partial charge on any atom is -0.481 e. The highest BCUT2D eigenvalue weighted by Gasteiger charge is 2.55. The first kappa shape index (κ1) is 17.8. The molecule has 0 unspecified atom stereocenters. The fourth-order valence-corrected chi connectivity index (χ4v) is 3.60. The number of hydrogen-bond acceptors (Lipinski definition) is 6. The van der Waals surface area contributed by atoms with E-state index in [0.717, 1.165) is 0 Å². The van der Waals surface area contributed by atoms with Crippen LogP contribution >= 0.6 is 0 Å². The average molecular weight is 363 g/mol. The van der Waals surface area contributed by atoms with Crippen LogP contribution in [0.5, 0.6) is 0 Å². The van der Waals surface area contributed by atoms with Gasteiger partial charge < -0.3 is 9.84 Å². The predicted octanol–water partition coefficient (Wildman–Crippen LogP) is 0.542. The van der Waals surface area contributed by atoms with Gasteiger partial charge in [-0.05, 0) is 31.9 Å². The molecule has 1 aromatic rings. The number of hydrazine groups is 1. The van der Waals surface area contributed by atoms with E-state index in [9.17, 15) is 29.6 Å². The molecule has 2 fully saturated rings. The number of amides is 2. The maximum Gasteiger partial charge on any atom is 0.310 e. The van der Waals surface area contributed by atoms with Crippen molar-refractivity contribution in [3.05, 3.63) is 39.4 Å². The Balaban J connectivity index is 1.64. The molecule has 0 spiro atoms. The minimum atomic E-state index is -1.10. The van der Waals surface area contributed by atoms with Crippen LogP contribution in [0, 0.1) is 28.9 Å². The number of carboxylic acids is 1. The van der Waals surface area contributed by atoms with Crippen LogP contribution in [0.25, 0.3) is 0 Å². The highest BCUT2D eigenvalue weighted by molar-refractivity contribution is 5.96. The van der Waals surface area contributed by atoms with E-state index in [4.69, 9.17) is 4.74 Å². The van der Waals surface area contributed by atoms with Gasteiger partial charge in [-0.25, -0.2) is 0 Å². The minimum absolute atomic E-state index is 0.117. The molecule has 3 rings (SSSR count). The summed E-state index contributed by atoms with van der Waals surface area (Å²) in [4.78, 5) is 46.1. The first-order valence-electron chi connectivity index (χ1n) is 8.03. The van der Waals surface area contributed by atoms with Gasteiger partial charge in [0.05, 0.1) is 29.0 Å². The maximum absolute atomic E-state index is 12.3. The second-order valence-corrected chi connectivity index (χ2v) is 6.38. The van der Waals surface area contributed by atoms with Crippen molar-refractivity contribution in [2.75, 3.05) is 0 Å². The molecule has 2 aliphatic heterocycles. The van der Waals surface area contributed by atoms with Crippen LogP contribution in [-0.2, 0) is 14.3 Å². The smallest absolute Gasteiger partial charge is 0.310 e. The van der Waals surface area contributed by atoms with Gasteiger partial charge in [-0.3, -0.25) is 35.3 Å². The number of carboxylic acid groups (broad SMARTS) is 1. The molecule has 10 nitrogen and oxygen atoms in total. The molecule has 2 bridgehead atoms. The Labute approximate surface area is 147 Å². The second-order valence-electron chi connectivity index (χ2n) is 6.38. The molecule has 0 aromatic heterocycles. The normalized spacial score (nSPS) is 26.3. The van der Waals surface area contributed by atoms with Crippen LogP contribution in [0.15, 0.2) is 18.2 Å². The molecule has 2 amide bonds. The van der Waals surface area contributed by atoms with E-state index in [0.29, 0.717) is 18.4 Å². The zero-order valence-corrected chi connectivity index (χ0v) is 13.8. The Bertz CT molecular complexity index is 794. The van der Waals surface area contributed by atoms with Gasteiger partial charge in [0, 0.05) is 17.2 Å². The Morgan fingerprint density at radius 2 is 1.85 bits per heavy atom. The number of aliphatic carboxylic acids is 1. The van der Waals surface area contributed by atoms with E-state index in [2.05, 4.69) is 10.9 Å². The molecule has 2 heterocycles. The summed E-state index contributed by atoms with van der Waals surface area (Å²) < 4.78 is 5.50. The summed E-state index contributed by atoms with van der Waals surface area (Å²) in [6.45, 7) is 1.50. The van der Waals surface area contributed by atoms with Gasteiger partial charge in [0.2, 0.25) is 5.91 Å². The summed E-state index contributed by atoms with van der Waals surface area (Å²) >= 11 is 0. The Morgan fingerprint density at radius 1 is 1.19 bits per heavy atom. The quantitative estimate of drug-likeness (QED) is 0.522. The van der Waals surface area contributed by atoms with Crippen LogP contribution in [0.4, 0.5) is 5.69 Å². The molecule has 1 aromatic carbocycles. The number of hydrogen-bond donors (Lipinski definition) is 3. The molecule has 138 valence electrons. The van der Waals surface area contributed by atoms with Crippen molar-refractivity contribution in [1.29, 1.82) is 0 Å². The number of rotatable bonds is 4. The molecular formula is C16H17N3O7. The molecule has 2 aliphatic rings. The molecule has 26 heavy (non-hydrogen) atoms. The summed E-state index contributed by atoms with van der Waals surface area (Å²) in [7, 11) is 0. The topological polar surface area (TPSA) is 148 Å². The fraction of sp³-hybridized carbons (Fsp3) is 0.438. The van der Waals surface area contributed by atoms with Gasteiger partial charge in [-0.1, -0.05) is 0 Å². The van der Waals surface area contributed by atoms with Crippen LogP contribution < -0.4 is 10.9 Å². The molecule has 0 aliphatic carbocycles. The van der Waals surface area contributed by atoms with E-state index in [1.165, 1.54) is 25.1 Å². The largest absolute Gasteiger partial charge is 0.481 e. The zero-order valence-electron chi connectivity index (χ0n) is 13.8. The number of nitrogens with one attached hydrogen (secondary N) is 2. The monoisotopic (exact) mass is 363 g/mol. The highest BCUT2D eigenvalue weighted by atomic mass is 16.6. The number of nitro groups is 1. The van der Waals surface area contributed by atoms with E-state index in [1.54, 1.807) is 0 Å². The Kier molecular flexibility index (Phi) is 4.60. The van der Waals surface area contributed by atoms with Crippen LogP contribution in [0.1, 0.15) is 28.8 Å². The van der Waals surface area contributed by atoms with E-state index in [-0.39, 0.29) is 11.3 Å². The van der Waals surface area contributed by atoms with Crippen molar-refractivity contribution in [2.45, 2.75) is 32.0 Å². The lowest BCUT2D eigenvalue weighted by molar-refractivity contribution is -0.385. The van der Waals surface area contributed by atoms with Gasteiger partial charge in [0.15, 0.2) is 0 Å². The maximum atomic E-state index is 12.3. The standard InChI is InChI=1S/C16H17N3O7/c1-7-6-8(2-3-9(7)19(24)25)14(20)17-18-15(21)12-10-4-5-11(26-10)13(12)16(22)23/h2-3,6,10-13H,4-5H2,1H3,(H,17,20)(H,18,21)(H,22,23)/t10-,11-,12+,13-/m1/s1. The Hall–Kier alpha value is -3.01. The third-order valence-corrected chi connectivity index (χ3v) is 4.82. The second kappa shape index (κ2) is 6.71. The van der Waals surface area contributed by atoms with Crippen molar-refractivity contribution < 1.29 is 29.2 Å². The molecule has 4 atom stereocenters. The molecular weight excluding hydrogens is 346 g/mol. The first-order valence-corrected chi connectivity index (χ1v) is 8.03. The first-order chi connectivity index (χ1) is 12.3. The fourth-order valence-electron chi connectivity index (χ4n) is 3.60. The molecule has 2 saturated heterocycles. The predicted molar refractivity (Wildman–Crippen MR) is 86.0 cm³/mol. The average Bonchev–Trinajstić information content (AvgIpc) is 3.20. The van der Waals surface area contributed by atoms with E-state index in [1.807, 2.05) is 0 Å². The summed E-state index contributed by atoms with van der Waals surface area (Å²) in [5.74, 6) is -4.20.